The predicted molar refractivity (Wildman–Crippen MR) is 76.8 cm³/mol. The Morgan fingerprint density at radius 2 is 2.25 bits per heavy atom. The molecule has 0 radical (unpaired) electrons. The molecule has 0 saturated carbocycles. The van der Waals surface area contributed by atoms with Gasteiger partial charge in [0, 0.05) is 17.5 Å². The molecular weight excluding hydrogens is 257 g/mol. The van der Waals surface area contributed by atoms with Crippen molar-refractivity contribution in [2.45, 2.75) is 32.6 Å². The number of hydrogen-bond donors (Lipinski definition) is 1. The highest BCUT2D eigenvalue weighted by molar-refractivity contribution is 5.97. The second kappa shape index (κ2) is 5.65. The van der Waals surface area contributed by atoms with Gasteiger partial charge in [-0.1, -0.05) is 20.8 Å². The number of amides is 1. The summed E-state index contributed by atoms with van der Waals surface area (Å²) in [7, 11) is 0. The zero-order valence-electron chi connectivity index (χ0n) is 12.1. The van der Waals surface area contributed by atoms with Crippen LogP contribution in [0.1, 0.15) is 43.1 Å². The molecule has 1 aromatic rings. The highest BCUT2D eigenvalue weighted by Gasteiger charge is 2.31. The molecule has 3 nitrogen and oxygen atoms in total. The topological polar surface area (TPSA) is 38.3 Å². The molecule has 1 aliphatic heterocycles. The van der Waals surface area contributed by atoms with Gasteiger partial charge in [-0.25, -0.2) is 4.39 Å². The van der Waals surface area contributed by atoms with Crippen LogP contribution in [0.2, 0.25) is 0 Å². The van der Waals surface area contributed by atoms with Crippen molar-refractivity contribution in [3.05, 3.63) is 41.2 Å². The standard InChI is InChI=1S/C16H20FNO2/c1-4-11(8-17)9-20-12-5-6-13-14(7-12)16(2,3)10-18-15(13)19/h5-8H,4,9-10H2,1-3H3,(H,18,19). The summed E-state index contributed by atoms with van der Waals surface area (Å²) in [6, 6.07) is 5.41. The summed E-state index contributed by atoms with van der Waals surface area (Å²) >= 11 is 0. The van der Waals surface area contributed by atoms with Gasteiger partial charge in [-0.2, -0.15) is 0 Å². The van der Waals surface area contributed by atoms with E-state index in [9.17, 15) is 9.18 Å². The quantitative estimate of drug-likeness (QED) is 0.916. The average Bonchev–Trinajstić information content (AvgIpc) is 2.44. The number of hydrogen-bond acceptors (Lipinski definition) is 2. The first-order valence-electron chi connectivity index (χ1n) is 6.81. The number of rotatable bonds is 4. The maximum Gasteiger partial charge on any atom is 0.251 e. The molecule has 0 aromatic heterocycles. The minimum atomic E-state index is -0.133. The minimum absolute atomic E-state index is 0.0521. The van der Waals surface area contributed by atoms with E-state index in [1.165, 1.54) is 0 Å². The van der Waals surface area contributed by atoms with Crippen LogP contribution in [-0.2, 0) is 5.41 Å². The Kier molecular flexibility index (Phi) is 4.12. The molecule has 1 N–H and O–H groups in total. The van der Waals surface area contributed by atoms with E-state index >= 15 is 0 Å². The Balaban J connectivity index is 2.24. The molecule has 1 aliphatic rings. The Morgan fingerprint density at radius 3 is 2.90 bits per heavy atom. The van der Waals surface area contributed by atoms with Gasteiger partial charge in [-0.05, 0) is 35.8 Å². The molecular formula is C16H20FNO2. The Hall–Kier alpha value is -1.84. The molecule has 4 heteroatoms. The molecule has 2 rings (SSSR count). The van der Waals surface area contributed by atoms with E-state index in [2.05, 4.69) is 19.2 Å². The van der Waals surface area contributed by atoms with Crippen molar-refractivity contribution < 1.29 is 13.9 Å². The van der Waals surface area contributed by atoms with Gasteiger partial charge in [-0.3, -0.25) is 4.79 Å². The molecule has 0 fully saturated rings. The summed E-state index contributed by atoms with van der Waals surface area (Å²) in [5.41, 5.74) is 2.14. The highest BCUT2D eigenvalue weighted by Crippen LogP contribution is 2.32. The van der Waals surface area contributed by atoms with Crippen LogP contribution in [-0.4, -0.2) is 19.1 Å². The Bertz CT molecular complexity index is 549. The number of ether oxygens (including phenoxy) is 1. The van der Waals surface area contributed by atoms with Crippen molar-refractivity contribution in [1.29, 1.82) is 0 Å². The first-order chi connectivity index (χ1) is 9.47. The monoisotopic (exact) mass is 277 g/mol. The molecule has 0 atom stereocenters. The van der Waals surface area contributed by atoms with Gasteiger partial charge >= 0.3 is 0 Å². The molecule has 0 unspecified atom stereocenters. The van der Waals surface area contributed by atoms with Gasteiger partial charge in [0.25, 0.3) is 5.91 Å². The lowest BCUT2D eigenvalue weighted by atomic mass is 9.79. The molecule has 0 spiro atoms. The van der Waals surface area contributed by atoms with E-state index in [4.69, 9.17) is 4.74 Å². The molecule has 1 amide bonds. The number of halogens is 1. The number of carbonyl (C=O) groups excluding carboxylic acids is 1. The molecule has 1 heterocycles. The molecule has 0 aliphatic carbocycles. The first kappa shape index (κ1) is 14.6. The van der Waals surface area contributed by atoms with Crippen LogP contribution < -0.4 is 10.1 Å². The normalized spacial score (nSPS) is 17.4. The van der Waals surface area contributed by atoms with Crippen LogP contribution in [0.3, 0.4) is 0 Å². The van der Waals surface area contributed by atoms with Crippen LogP contribution in [0.5, 0.6) is 5.75 Å². The molecule has 0 bridgehead atoms. The first-order valence-corrected chi connectivity index (χ1v) is 6.81. The molecule has 108 valence electrons. The lowest BCUT2D eigenvalue weighted by molar-refractivity contribution is 0.0929. The predicted octanol–water partition coefficient (Wildman–Crippen LogP) is 3.35. The van der Waals surface area contributed by atoms with Crippen molar-refractivity contribution in [3.63, 3.8) is 0 Å². The average molecular weight is 277 g/mol. The van der Waals surface area contributed by atoms with Crippen LogP contribution in [0, 0.1) is 0 Å². The van der Waals surface area contributed by atoms with Crippen molar-refractivity contribution in [3.8, 4) is 5.75 Å². The zero-order chi connectivity index (χ0) is 14.8. The van der Waals surface area contributed by atoms with Gasteiger partial charge in [0.05, 0.1) is 6.33 Å². The summed E-state index contributed by atoms with van der Waals surface area (Å²) in [6.45, 7) is 6.88. The maximum absolute atomic E-state index is 12.5. The Morgan fingerprint density at radius 1 is 1.50 bits per heavy atom. The molecule has 1 aromatic carbocycles. The number of nitrogens with one attached hydrogen (secondary N) is 1. The van der Waals surface area contributed by atoms with Gasteiger partial charge in [0.1, 0.15) is 12.4 Å². The third kappa shape index (κ3) is 2.84. The third-order valence-corrected chi connectivity index (χ3v) is 3.69. The number of benzene rings is 1. The lowest BCUT2D eigenvalue weighted by Gasteiger charge is -2.32. The zero-order valence-corrected chi connectivity index (χ0v) is 12.1. The van der Waals surface area contributed by atoms with E-state index in [0.29, 0.717) is 36.2 Å². The number of fused-ring (bicyclic) bond motifs is 1. The summed E-state index contributed by atoms with van der Waals surface area (Å²) < 4.78 is 18.1. The van der Waals surface area contributed by atoms with E-state index in [1.807, 2.05) is 13.0 Å². The maximum atomic E-state index is 12.5. The largest absolute Gasteiger partial charge is 0.489 e. The summed E-state index contributed by atoms with van der Waals surface area (Å²) in [5, 5.41) is 2.88. The fourth-order valence-corrected chi connectivity index (χ4v) is 2.25. The van der Waals surface area contributed by atoms with Gasteiger partial charge in [0.2, 0.25) is 0 Å². The summed E-state index contributed by atoms with van der Waals surface area (Å²) in [5.74, 6) is 0.614. The second-order valence-corrected chi connectivity index (χ2v) is 5.68. The van der Waals surface area contributed by atoms with Crippen molar-refractivity contribution in [2.75, 3.05) is 13.2 Å². The highest BCUT2D eigenvalue weighted by atomic mass is 19.1. The molecule has 20 heavy (non-hydrogen) atoms. The van der Waals surface area contributed by atoms with Gasteiger partial charge < -0.3 is 10.1 Å². The van der Waals surface area contributed by atoms with Crippen molar-refractivity contribution >= 4 is 5.91 Å². The second-order valence-electron chi connectivity index (χ2n) is 5.68. The SMILES string of the molecule is CCC(=CF)COc1ccc2c(c1)C(C)(C)CNC2=O. The minimum Gasteiger partial charge on any atom is -0.489 e. The van der Waals surface area contributed by atoms with E-state index in [-0.39, 0.29) is 17.9 Å². The third-order valence-electron chi connectivity index (χ3n) is 3.69. The van der Waals surface area contributed by atoms with Gasteiger partial charge in [-0.15, -0.1) is 0 Å². The molecule has 0 saturated heterocycles. The van der Waals surface area contributed by atoms with Gasteiger partial charge in [0.15, 0.2) is 0 Å². The smallest absolute Gasteiger partial charge is 0.251 e. The van der Waals surface area contributed by atoms with Crippen LogP contribution in [0.25, 0.3) is 0 Å². The fraction of sp³-hybridized carbons (Fsp3) is 0.438. The van der Waals surface area contributed by atoms with E-state index in [0.717, 1.165) is 5.56 Å². The lowest BCUT2D eigenvalue weighted by Crippen LogP contribution is -2.43. The Labute approximate surface area is 118 Å². The number of carbonyl (C=O) groups is 1. The fourth-order valence-electron chi connectivity index (χ4n) is 2.25. The van der Waals surface area contributed by atoms with Crippen LogP contribution in [0.15, 0.2) is 30.1 Å². The summed E-state index contributed by atoms with van der Waals surface area (Å²) in [4.78, 5) is 11.8. The van der Waals surface area contributed by atoms with E-state index in [1.54, 1.807) is 12.1 Å². The van der Waals surface area contributed by atoms with Crippen LogP contribution >= 0.6 is 0 Å². The van der Waals surface area contributed by atoms with E-state index < -0.39 is 0 Å². The van der Waals surface area contributed by atoms with Crippen molar-refractivity contribution in [1.82, 2.24) is 5.32 Å². The summed E-state index contributed by atoms with van der Waals surface area (Å²) in [6.07, 6.45) is 1.21. The van der Waals surface area contributed by atoms with Crippen LogP contribution in [0.4, 0.5) is 4.39 Å². The van der Waals surface area contributed by atoms with Crippen molar-refractivity contribution in [2.24, 2.45) is 0 Å².